The molecule has 0 aliphatic heterocycles. The number of nitrogens with one attached hydrogen (secondary N) is 1. The Balaban J connectivity index is 1.74. The molecule has 34 heavy (non-hydrogen) atoms. The van der Waals surface area contributed by atoms with Crippen LogP contribution >= 0.6 is 0 Å². The van der Waals surface area contributed by atoms with Crippen molar-refractivity contribution in [2.24, 2.45) is 0 Å². The second-order valence-electron chi connectivity index (χ2n) is 8.25. The number of ether oxygens (including phenoxy) is 1. The first-order valence-corrected chi connectivity index (χ1v) is 11.1. The van der Waals surface area contributed by atoms with Crippen molar-refractivity contribution in [2.75, 3.05) is 12.4 Å². The lowest BCUT2D eigenvalue weighted by Gasteiger charge is -2.23. The molecule has 0 amide bonds. The Kier molecular flexibility index (Phi) is 5.88. The highest BCUT2D eigenvalue weighted by Gasteiger charge is 2.25. The Morgan fingerprint density at radius 2 is 1.94 bits per heavy atom. The van der Waals surface area contributed by atoms with Crippen molar-refractivity contribution in [1.29, 1.82) is 0 Å². The zero-order valence-electron chi connectivity index (χ0n) is 18.5. The fourth-order valence-corrected chi connectivity index (χ4v) is 4.27. The molecule has 172 valence electrons. The quantitative estimate of drug-likeness (QED) is 0.420. The third-order valence-electron chi connectivity index (χ3n) is 6.01. The molecule has 1 unspecified atom stereocenters. The summed E-state index contributed by atoms with van der Waals surface area (Å²) in [5.41, 5.74) is 1.70. The second-order valence-corrected chi connectivity index (χ2v) is 8.25. The van der Waals surface area contributed by atoms with Crippen LogP contribution in [-0.4, -0.2) is 33.9 Å². The van der Waals surface area contributed by atoms with Gasteiger partial charge >= 0.3 is 0 Å². The van der Waals surface area contributed by atoms with Gasteiger partial charge in [0.15, 0.2) is 11.6 Å². The number of pyridine rings is 1. The van der Waals surface area contributed by atoms with E-state index >= 15 is 0 Å². The highest BCUT2D eigenvalue weighted by molar-refractivity contribution is 5.99. The van der Waals surface area contributed by atoms with Crippen molar-refractivity contribution in [3.63, 3.8) is 0 Å². The van der Waals surface area contributed by atoms with Gasteiger partial charge < -0.3 is 10.1 Å². The first kappa shape index (κ1) is 21.9. The van der Waals surface area contributed by atoms with E-state index in [2.05, 4.69) is 10.3 Å². The highest BCUT2D eigenvalue weighted by atomic mass is 19.1. The fraction of sp³-hybridized carbons (Fsp3) is 0.231. The zero-order valence-corrected chi connectivity index (χ0v) is 18.5. The number of anilines is 1. The van der Waals surface area contributed by atoms with Crippen LogP contribution in [0.25, 0.3) is 33.4 Å². The molecule has 1 atom stereocenters. The van der Waals surface area contributed by atoms with Gasteiger partial charge in [0.2, 0.25) is 0 Å². The zero-order chi connectivity index (χ0) is 23.7. The molecule has 0 radical (unpaired) electrons. The number of carbonyl (C=O) groups excluding carboxylic acids is 1. The molecule has 1 fully saturated rings. The number of carbonyl (C=O) groups is 1. The van der Waals surface area contributed by atoms with E-state index in [1.54, 1.807) is 30.6 Å². The molecule has 0 spiro atoms. The molecule has 1 aliphatic carbocycles. The van der Waals surface area contributed by atoms with Crippen LogP contribution in [0.1, 0.15) is 25.7 Å². The van der Waals surface area contributed by atoms with Gasteiger partial charge in [-0.2, -0.15) is 0 Å². The van der Waals surface area contributed by atoms with E-state index in [1.807, 2.05) is 6.07 Å². The number of methoxy groups -OCH3 is 1. The summed E-state index contributed by atoms with van der Waals surface area (Å²) < 4.78 is 34.1. The van der Waals surface area contributed by atoms with Crippen molar-refractivity contribution in [3.8, 4) is 28.3 Å². The van der Waals surface area contributed by atoms with Crippen LogP contribution < -0.4 is 10.1 Å². The third kappa shape index (κ3) is 4.19. The lowest BCUT2D eigenvalue weighted by Crippen LogP contribution is -2.32. The monoisotopic (exact) mass is 460 g/mol. The number of ketones is 1. The molecule has 5 rings (SSSR count). The molecule has 6 nitrogen and oxygen atoms in total. The van der Waals surface area contributed by atoms with Crippen LogP contribution in [0.4, 0.5) is 14.6 Å². The minimum Gasteiger partial charge on any atom is -0.494 e. The minimum absolute atomic E-state index is 0.0937. The Bertz CT molecular complexity index is 1380. The van der Waals surface area contributed by atoms with E-state index in [4.69, 9.17) is 14.7 Å². The number of halogens is 2. The number of hydrogen-bond acceptors (Lipinski definition) is 6. The molecule has 2 aromatic carbocycles. The molecular formula is C26H22F2N4O2. The van der Waals surface area contributed by atoms with Crippen LogP contribution in [0, 0.1) is 11.6 Å². The first-order chi connectivity index (χ1) is 16.5. The maximum absolute atomic E-state index is 14.6. The van der Waals surface area contributed by atoms with Gasteiger partial charge in [0.1, 0.15) is 28.7 Å². The Morgan fingerprint density at radius 1 is 1.06 bits per heavy atom. The van der Waals surface area contributed by atoms with Crippen LogP contribution in [0.15, 0.2) is 54.9 Å². The summed E-state index contributed by atoms with van der Waals surface area (Å²) in [6, 6.07) is 9.85. The van der Waals surface area contributed by atoms with E-state index in [9.17, 15) is 13.6 Å². The molecule has 0 saturated heterocycles. The summed E-state index contributed by atoms with van der Waals surface area (Å²) in [5.74, 6) is 0.231. The number of rotatable bonds is 5. The third-order valence-corrected chi connectivity index (χ3v) is 6.01. The second kappa shape index (κ2) is 9.13. The lowest BCUT2D eigenvalue weighted by atomic mass is 9.94. The summed E-state index contributed by atoms with van der Waals surface area (Å²) in [4.78, 5) is 26.1. The molecular weight excluding hydrogens is 438 g/mol. The van der Waals surface area contributed by atoms with Gasteiger partial charge in [-0.25, -0.2) is 18.7 Å². The van der Waals surface area contributed by atoms with Gasteiger partial charge in [-0.15, -0.1) is 0 Å². The molecule has 1 saturated carbocycles. The van der Waals surface area contributed by atoms with E-state index in [1.165, 1.54) is 7.11 Å². The van der Waals surface area contributed by atoms with Gasteiger partial charge in [0.05, 0.1) is 13.2 Å². The number of hydrogen-bond donors (Lipinski definition) is 1. The standard InChI is InChI=1S/C26H22F2N4O2/c1-34-23-12-16(18-13-17(27)8-9-20(18)28)11-19-24(23)31-25(15-5-4-10-29-14-15)32-26(19)30-21-6-2-3-7-22(21)33/h4-5,8-14,21H,2-3,6-7H2,1H3,(H,30,31,32). The van der Waals surface area contributed by atoms with Gasteiger partial charge in [-0.3, -0.25) is 9.78 Å². The molecule has 2 aromatic heterocycles. The number of aromatic nitrogens is 3. The van der Waals surface area contributed by atoms with Crippen molar-refractivity contribution in [2.45, 2.75) is 31.7 Å². The van der Waals surface area contributed by atoms with Crippen LogP contribution in [-0.2, 0) is 4.79 Å². The van der Waals surface area contributed by atoms with Crippen molar-refractivity contribution in [3.05, 3.63) is 66.5 Å². The summed E-state index contributed by atoms with van der Waals surface area (Å²) in [7, 11) is 1.49. The van der Waals surface area contributed by atoms with E-state index in [0.29, 0.717) is 52.3 Å². The molecule has 1 N–H and O–H groups in total. The molecule has 0 bridgehead atoms. The molecule has 4 aromatic rings. The summed E-state index contributed by atoms with van der Waals surface area (Å²) in [6.45, 7) is 0. The Morgan fingerprint density at radius 3 is 2.71 bits per heavy atom. The molecule has 8 heteroatoms. The van der Waals surface area contributed by atoms with E-state index < -0.39 is 11.6 Å². The topological polar surface area (TPSA) is 77.0 Å². The largest absolute Gasteiger partial charge is 0.494 e. The first-order valence-electron chi connectivity index (χ1n) is 11.1. The predicted octanol–water partition coefficient (Wildman–Crippen LogP) is 5.57. The highest BCUT2D eigenvalue weighted by Crippen LogP contribution is 2.37. The van der Waals surface area contributed by atoms with Gasteiger partial charge in [0, 0.05) is 35.3 Å². The van der Waals surface area contributed by atoms with Crippen LogP contribution in [0.3, 0.4) is 0 Å². The molecule has 2 heterocycles. The maximum atomic E-state index is 14.6. The average molecular weight is 460 g/mol. The van der Waals surface area contributed by atoms with Gasteiger partial charge in [0.25, 0.3) is 0 Å². The number of Topliss-reactive ketones (excluding diaryl/α,β-unsaturated/α-hetero) is 1. The summed E-state index contributed by atoms with van der Waals surface area (Å²) >= 11 is 0. The number of nitrogens with zero attached hydrogens (tertiary/aromatic N) is 3. The summed E-state index contributed by atoms with van der Waals surface area (Å²) in [5, 5.41) is 3.84. The normalized spacial score (nSPS) is 16.0. The minimum atomic E-state index is -0.562. The molecule has 1 aliphatic rings. The summed E-state index contributed by atoms with van der Waals surface area (Å²) in [6.07, 6.45) is 6.33. The van der Waals surface area contributed by atoms with Crippen LogP contribution in [0.2, 0.25) is 0 Å². The van der Waals surface area contributed by atoms with E-state index in [0.717, 1.165) is 31.0 Å². The Labute approximate surface area is 195 Å². The van der Waals surface area contributed by atoms with Gasteiger partial charge in [-0.1, -0.05) is 6.42 Å². The predicted molar refractivity (Wildman–Crippen MR) is 126 cm³/mol. The van der Waals surface area contributed by atoms with Gasteiger partial charge in [-0.05, 0) is 60.9 Å². The van der Waals surface area contributed by atoms with Crippen LogP contribution in [0.5, 0.6) is 5.75 Å². The Hall–Kier alpha value is -3.94. The number of fused-ring (bicyclic) bond motifs is 1. The van der Waals surface area contributed by atoms with Crippen molar-refractivity contribution < 1.29 is 18.3 Å². The fourth-order valence-electron chi connectivity index (χ4n) is 4.27. The maximum Gasteiger partial charge on any atom is 0.163 e. The lowest BCUT2D eigenvalue weighted by molar-refractivity contribution is -0.121. The van der Waals surface area contributed by atoms with Crippen molar-refractivity contribution >= 4 is 22.5 Å². The SMILES string of the molecule is COc1cc(-c2cc(F)ccc2F)cc2c(NC3CCCCC3=O)nc(-c3cccnc3)nc12. The average Bonchev–Trinajstić information content (AvgIpc) is 2.86. The number of benzene rings is 2. The van der Waals surface area contributed by atoms with Crippen molar-refractivity contribution in [1.82, 2.24) is 15.0 Å². The smallest absolute Gasteiger partial charge is 0.163 e. The van der Waals surface area contributed by atoms with E-state index in [-0.39, 0.29) is 17.4 Å².